The first kappa shape index (κ1) is 18.9. The minimum absolute atomic E-state index is 0.0209. The fourth-order valence-electron chi connectivity index (χ4n) is 4.04. The maximum absolute atomic E-state index is 13.3. The van der Waals surface area contributed by atoms with Crippen molar-refractivity contribution in [2.24, 2.45) is 0 Å². The number of carbonyl (C=O) groups is 2. The second kappa shape index (κ2) is 7.52. The third-order valence-electron chi connectivity index (χ3n) is 5.55. The summed E-state index contributed by atoms with van der Waals surface area (Å²) in [5, 5.41) is 3.74. The molecular weight excluding hydrogens is 363 g/mol. The van der Waals surface area contributed by atoms with E-state index in [0.29, 0.717) is 30.7 Å². The molecule has 0 aliphatic carbocycles. The van der Waals surface area contributed by atoms with Crippen molar-refractivity contribution in [2.75, 3.05) is 33.8 Å². The SMILES string of the molecule is CN(C)C(=O)C[C@H]1CN2C[C@@H](NC(=O)c3cc4cc(F)ccc4[nH]3)C[C@H]2CO1. The lowest BCUT2D eigenvalue weighted by Crippen LogP contribution is -2.47. The third kappa shape index (κ3) is 3.88. The summed E-state index contributed by atoms with van der Waals surface area (Å²) in [6, 6.07) is 6.35. The van der Waals surface area contributed by atoms with Gasteiger partial charge >= 0.3 is 0 Å². The number of rotatable bonds is 4. The van der Waals surface area contributed by atoms with E-state index in [4.69, 9.17) is 4.74 Å². The third-order valence-corrected chi connectivity index (χ3v) is 5.55. The number of aromatic nitrogens is 1. The molecule has 150 valence electrons. The van der Waals surface area contributed by atoms with E-state index < -0.39 is 0 Å². The van der Waals surface area contributed by atoms with E-state index in [9.17, 15) is 14.0 Å². The Bertz CT molecular complexity index is 897. The molecule has 28 heavy (non-hydrogen) atoms. The topological polar surface area (TPSA) is 77.7 Å². The molecule has 0 spiro atoms. The standard InChI is InChI=1S/C20H25FN4O3/c1-24(2)19(26)8-16-10-25-9-14(7-15(25)11-28-16)22-20(27)18-6-12-5-13(21)3-4-17(12)23-18/h3-6,14-16,23H,7-11H2,1-2H3,(H,22,27)/t14-,15-,16-/m0/s1. The van der Waals surface area contributed by atoms with Crippen LogP contribution in [0.1, 0.15) is 23.3 Å². The second-order valence-electron chi connectivity index (χ2n) is 7.88. The quantitative estimate of drug-likeness (QED) is 0.829. The molecule has 2 aliphatic rings. The van der Waals surface area contributed by atoms with E-state index in [0.717, 1.165) is 18.5 Å². The Morgan fingerprint density at radius 3 is 2.93 bits per heavy atom. The summed E-state index contributed by atoms with van der Waals surface area (Å²) in [6.45, 7) is 2.01. The van der Waals surface area contributed by atoms with Crippen molar-refractivity contribution in [2.45, 2.75) is 31.0 Å². The zero-order chi connectivity index (χ0) is 19.8. The number of hydrogen-bond acceptors (Lipinski definition) is 4. The molecule has 0 radical (unpaired) electrons. The van der Waals surface area contributed by atoms with E-state index in [1.807, 2.05) is 0 Å². The minimum Gasteiger partial charge on any atom is -0.375 e. The van der Waals surface area contributed by atoms with Crippen LogP contribution in [-0.2, 0) is 9.53 Å². The Morgan fingerprint density at radius 1 is 1.32 bits per heavy atom. The average Bonchev–Trinajstić information content (AvgIpc) is 3.24. The molecule has 1 aromatic heterocycles. The van der Waals surface area contributed by atoms with Crippen LogP contribution >= 0.6 is 0 Å². The molecule has 0 unspecified atom stereocenters. The molecule has 7 nitrogen and oxygen atoms in total. The molecule has 2 saturated heterocycles. The fourth-order valence-corrected chi connectivity index (χ4v) is 4.04. The monoisotopic (exact) mass is 388 g/mol. The Morgan fingerprint density at radius 2 is 2.14 bits per heavy atom. The molecule has 2 aromatic rings. The van der Waals surface area contributed by atoms with Gasteiger partial charge in [-0.2, -0.15) is 0 Å². The van der Waals surface area contributed by atoms with Gasteiger partial charge in [-0.25, -0.2) is 4.39 Å². The van der Waals surface area contributed by atoms with E-state index in [1.54, 1.807) is 31.1 Å². The highest BCUT2D eigenvalue weighted by molar-refractivity contribution is 5.98. The normalized spacial score (nSPS) is 24.9. The number of benzene rings is 1. The van der Waals surface area contributed by atoms with Crippen LogP contribution in [-0.4, -0.2) is 78.6 Å². The van der Waals surface area contributed by atoms with E-state index >= 15 is 0 Å². The number of halogens is 1. The van der Waals surface area contributed by atoms with Gasteiger partial charge in [-0.15, -0.1) is 0 Å². The first-order valence-electron chi connectivity index (χ1n) is 9.54. The number of ether oxygens (including phenoxy) is 1. The van der Waals surface area contributed by atoms with Crippen molar-refractivity contribution in [1.82, 2.24) is 20.1 Å². The van der Waals surface area contributed by atoms with Gasteiger partial charge in [0.1, 0.15) is 11.5 Å². The average molecular weight is 388 g/mol. The highest BCUT2D eigenvalue weighted by Crippen LogP contribution is 2.25. The highest BCUT2D eigenvalue weighted by Gasteiger charge is 2.38. The number of aromatic amines is 1. The number of nitrogens with one attached hydrogen (secondary N) is 2. The zero-order valence-electron chi connectivity index (χ0n) is 16.1. The lowest BCUT2D eigenvalue weighted by Gasteiger charge is -2.35. The van der Waals surface area contributed by atoms with Gasteiger partial charge in [0.25, 0.3) is 5.91 Å². The van der Waals surface area contributed by atoms with Crippen LogP contribution in [0, 0.1) is 5.82 Å². The molecule has 0 saturated carbocycles. The number of fused-ring (bicyclic) bond motifs is 2. The number of hydrogen-bond donors (Lipinski definition) is 2. The number of carbonyl (C=O) groups excluding carboxylic acids is 2. The van der Waals surface area contributed by atoms with Crippen molar-refractivity contribution in [3.05, 3.63) is 35.8 Å². The van der Waals surface area contributed by atoms with Crippen LogP contribution in [0.3, 0.4) is 0 Å². The Hall–Kier alpha value is -2.45. The minimum atomic E-state index is -0.326. The smallest absolute Gasteiger partial charge is 0.267 e. The van der Waals surface area contributed by atoms with Crippen molar-refractivity contribution in [3.8, 4) is 0 Å². The maximum atomic E-state index is 13.3. The van der Waals surface area contributed by atoms with Gasteiger partial charge in [0, 0.05) is 50.2 Å². The predicted molar refractivity (Wildman–Crippen MR) is 103 cm³/mol. The molecule has 0 bridgehead atoms. The van der Waals surface area contributed by atoms with E-state index in [-0.39, 0.29) is 35.8 Å². The van der Waals surface area contributed by atoms with Gasteiger partial charge < -0.3 is 19.9 Å². The van der Waals surface area contributed by atoms with Crippen LogP contribution in [0.4, 0.5) is 4.39 Å². The van der Waals surface area contributed by atoms with Gasteiger partial charge in [0.05, 0.1) is 19.1 Å². The van der Waals surface area contributed by atoms with Crippen LogP contribution in [0.25, 0.3) is 10.9 Å². The van der Waals surface area contributed by atoms with Gasteiger partial charge in [0.15, 0.2) is 0 Å². The lowest BCUT2D eigenvalue weighted by molar-refractivity contribution is -0.134. The summed E-state index contributed by atoms with van der Waals surface area (Å²) < 4.78 is 19.2. The molecular formula is C20H25FN4O3. The maximum Gasteiger partial charge on any atom is 0.267 e. The molecule has 3 atom stereocenters. The van der Waals surface area contributed by atoms with Gasteiger partial charge in [-0.1, -0.05) is 0 Å². The van der Waals surface area contributed by atoms with Crippen molar-refractivity contribution in [3.63, 3.8) is 0 Å². The second-order valence-corrected chi connectivity index (χ2v) is 7.88. The summed E-state index contributed by atoms with van der Waals surface area (Å²) >= 11 is 0. The first-order valence-corrected chi connectivity index (χ1v) is 9.54. The predicted octanol–water partition coefficient (Wildman–Crippen LogP) is 1.36. The van der Waals surface area contributed by atoms with Crippen LogP contribution < -0.4 is 5.32 Å². The van der Waals surface area contributed by atoms with Crippen LogP contribution in [0.5, 0.6) is 0 Å². The molecule has 1 aromatic carbocycles. The first-order chi connectivity index (χ1) is 13.4. The lowest BCUT2D eigenvalue weighted by atomic mass is 10.1. The molecule has 2 aliphatic heterocycles. The molecule has 2 amide bonds. The zero-order valence-corrected chi connectivity index (χ0v) is 16.1. The Balaban J connectivity index is 1.35. The fraction of sp³-hybridized carbons (Fsp3) is 0.500. The summed E-state index contributed by atoms with van der Waals surface area (Å²) in [5.41, 5.74) is 1.16. The number of nitrogens with zero attached hydrogens (tertiary/aromatic N) is 2. The molecule has 2 N–H and O–H groups in total. The Labute approximate surface area is 162 Å². The van der Waals surface area contributed by atoms with E-state index in [2.05, 4.69) is 15.2 Å². The number of H-pyrrole nitrogens is 1. The van der Waals surface area contributed by atoms with Crippen molar-refractivity contribution < 1.29 is 18.7 Å². The van der Waals surface area contributed by atoms with Crippen molar-refractivity contribution >= 4 is 22.7 Å². The molecule has 3 heterocycles. The van der Waals surface area contributed by atoms with E-state index in [1.165, 1.54) is 12.1 Å². The summed E-state index contributed by atoms with van der Waals surface area (Å²) in [7, 11) is 3.49. The number of amides is 2. The molecule has 2 fully saturated rings. The molecule has 8 heteroatoms. The van der Waals surface area contributed by atoms with Gasteiger partial charge in [-0.3, -0.25) is 14.5 Å². The summed E-state index contributed by atoms with van der Waals surface area (Å²) in [4.78, 5) is 31.4. The molecule has 4 rings (SSSR count). The van der Waals surface area contributed by atoms with Crippen molar-refractivity contribution in [1.29, 1.82) is 0 Å². The largest absolute Gasteiger partial charge is 0.375 e. The highest BCUT2D eigenvalue weighted by atomic mass is 19.1. The number of morpholine rings is 1. The summed E-state index contributed by atoms with van der Waals surface area (Å²) in [5.74, 6) is -0.460. The van der Waals surface area contributed by atoms with Gasteiger partial charge in [-0.05, 0) is 30.7 Å². The summed E-state index contributed by atoms with van der Waals surface area (Å²) in [6.07, 6.45) is 1.08. The van der Waals surface area contributed by atoms with Gasteiger partial charge in [0.2, 0.25) is 5.91 Å². The van der Waals surface area contributed by atoms with Crippen LogP contribution in [0.15, 0.2) is 24.3 Å². The Kier molecular flexibility index (Phi) is 5.07. The van der Waals surface area contributed by atoms with Crippen LogP contribution in [0.2, 0.25) is 0 Å².